The molecule has 8 nitrogen and oxygen atoms in total. The van der Waals surface area contributed by atoms with Gasteiger partial charge in [-0.05, 0) is 44.5 Å². The van der Waals surface area contributed by atoms with Gasteiger partial charge in [0.25, 0.3) is 0 Å². The first-order chi connectivity index (χ1) is 13.3. The van der Waals surface area contributed by atoms with Crippen LogP contribution in [0.5, 0.6) is 11.6 Å². The van der Waals surface area contributed by atoms with Crippen molar-refractivity contribution in [1.29, 1.82) is 0 Å². The normalized spacial score (nSPS) is 12.7. The van der Waals surface area contributed by atoms with Gasteiger partial charge in [0.2, 0.25) is 5.88 Å². The molecular formula is C20H22N2O6. The Bertz CT molecular complexity index is 850. The third-order valence-corrected chi connectivity index (χ3v) is 4.04. The molecule has 2 atom stereocenters. The molecule has 0 fully saturated rings. The van der Waals surface area contributed by atoms with E-state index in [1.54, 1.807) is 37.3 Å². The van der Waals surface area contributed by atoms with E-state index >= 15 is 0 Å². The number of ketones is 1. The Labute approximate surface area is 162 Å². The summed E-state index contributed by atoms with van der Waals surface area (Å²) in [5.74, 6) is -1.24. The first-order valence-electron chi connectivity index (χ1n) is 8.82. The Morgan fingerprint density at radius 3 is 2.39 bits per heavy atom. The monoisotopic (exact) mass is 386 g/mol. The van der Waals surface area contributed by atoms with Crippen LogP contribution in [0.15, 0.2) is 42.5 Å². The number of carbonyl (C=O) groups excluding carboxylic acids is 2. The molecule has 2 rings (SSSR count). The Balaban J connectivity index is 2.29. The van der Waals surface area contributed by atoms with Gasteiger partial charge in [-0.3, -0.25) is 10.1 Å². The summed E-state index contributed by atoms with van der Waals surface area (Å²) >= 11 is 0. The predicted octanol–water partition coefficient (Wildman–Crippen LogP) is 3.45. The molecule has 0 amide bonds. The van der Waals surface area contributed by atoms with E-state index < -0.39 is 22.9 Å². The molecule has 1 heterocycles. The van der Waals surface area contributed by atoms with Gasteiger partial charge in [0.1, 0.15) is 11.5 Å². The van der Waals surface area contributed by atoms with Crippen LogP contribution in [0.3, 0.4) is 0 Å². The molecule has 0 radical (unpaired) electrons. The van der Waals surface area contributed by atoms with E-state index in [0.717, 1.165) is 5.69 Å². The Kier molecular flexibility index (Phi) is 7.20. The molecule has 0 spiro atoms. The number of carbonyl (C=O) groups is 2. The van der Waals surface area contributed by atoms with E-state index in [9.17, 15) is 19.7 Å². The summed E-state index contributed by atoms with van der Waals surface area (Å²) < 4.78 is 10.5. The number of ether oxygens (including phenoxy) is 2. The predicted molar refractivity (Wildman–Crippen MR) is 101 cm³/mol. The van der Waals surface area contributed by atoms with Gasteiger partial charge in [0.05, 0.1) is 12.5 Å². The molecule has 0 aliphatic carbocycles. The van der Waals surface area contributed by atoms with Crippen LogP contribution in [0.25, 0.3) is 0 Å². The topological polar surface area (TPSA) is 109 Å². The zero-order valence-corrected chi connectivity index (χ0v) is 16.0. The summed E-state index contributed by atoms with van der Waals surface area (Å²) in [5, 5.41) is 11.5. The van der Waals surface area contributed by atoms with Gasteiger partial charge < -0.3 is 14.3 Å². The highest BCUT2D eigenvalue weighted by Crippen LogP contribution is 2.29. The number of hydrogen-bond acceptors (Lipinski definition) is 7. The summed E-state index contributed by atoms with van der Waals surface area (Å²) in [5.41, 5.74) is 1.29. The highest BCUT2D eigenvalue weighted by atomic mass is 16.6. The number of nitrogens with zero attached hydrogens (tertiary/aromatic N) is 2. The third-order valence-electron chi connectivity index (χ3n) is 4.04. The first kappa shape index (κ1) is 21.0. The van der Waals surface area contributed by atoms with Crippen LogP contribution in [-0.4, -0.2) is 34.3 Å². The fraction of sp³-hybridized carbons (Fsp3) is 0.350. The van der Waals surface area contributed by atoms with E-state index in [0.29, 0.717) is 17.2 Å². The highest BCUT2D eigenvalue weighted by molar-refractivity contribution is 5.80. The van der Waals surface area contributed by atoms with Gasteiger partial charge in [-0.1, -0.05) is 18.2 Å². The van der Waals surface area contributed by atoms with Gasteiger partial charge >= 0.3 is 12.0 Å². The second-order valence-electron chi connectivity index (χ2n) is 6.28. The molecule has 148 valence electrons. The number of pyridine rings is 1. The van der Waals surface area contributed by atoms with Crippen LogP contribution in [0, 0.1) is 17.0 Å². The second kappa shape index (κ2) is 9.59. The lowest BCUT2D eigenvalue weighted by molar-refractivity contribution is -0.514. The maximum absolute atomic E-state index is 12.1. The van der Waals surface area contributed by atoms with Gasteiger partial charge in [-0.2, -0.15) is 0 Å². The average molecular weight is 386 g/mol. The van der Waals surface area contributed by atoms with Crippen molar-refractivity contribution in [2.24, 2.45) is 0 Å². The van der Waals surface area contributed by atoms with Crippen molar-refractivity contribution in [3.63, 3.8) is 0 Å². The summed E-state index contributed by atoms with van der Waals surface area (Å²) in [6, 6.07) is 10.2. The molecule has 0 aliphatic heterocycles. The maximum Gasteiger partial charge on any atom is 0.382 e. The van der Waals surface area contributed by atoms with Crippen molar-refractivity contribution in [3.05, 3.63) is 63.8 Å². The number of nitro groups is 1. The Morgan fingerprint density at radius 1 is 1.18 bits per heavy atom. The number of aryl methyl sites for hydroxylation is 1. The van der Waals surface area contributed by atoms with Gasteiger partial charge in [-0.25, -0.2) is 9.78 Å². The molecule has 28 heavy (non-hydrogen) atoms. The SMILES string of the molecule is CCOC(=O)C(C(CC(C)=O)c1ccc(Oc2cccc(C)n2)cc1)[N+](=O)[O-]. The summed E-state index contributed by atoms with van der Waals surface area (Å²) in [6.45, 7) is 4.76. The number of rotatable bonds is 9. The molecule has 2 unspecified atom stereocenters. The van der Waals surface area contributed by atoms with Gasteiger partial charge in [0, 0.05) is 23.1 Å². The van der Waals surface area contributed by atoms with E-state index in [2.05, 4.69) is 4.98 Å². The maximum atomic E-state index is 12.1. The molecule has 0 aliphatic rings. The Hall–Kier alpha value is -3.29. The first-order valence-corrected chi connectivity index (χ1v) is 8.82. The lowest BCUT2D eigenvalue weighted by atomic mass is 9.87. The zero-order valence-electron chi connectivity index (χ0n) is 16.0. The van der Waals surface area contributed by atoms with Crippen LogP contribution in [0.1, 0.15) is 37.4 Å². The zero-order chi connectivity index (χ0) is 20.7. The second-order valence-corrected chi connectivity index (χ2v) is 6.28. The summed E-state index contributed by atoms with van der Waals surface area (Å²) in [6.07, 6.45) is -0.149. The van der Waals surface area contributed by atoms with Gasteiger partial charge in [0.15, 0.2) is 0 Å². The largest absolute Gasteiger partial charge is 0.461 e. The molecule has 0 saturated heterocycles. The lowest BCUT2D eigenvalue weighted by Crippen LogP contribution is -2.38. The number of aromatic nitrogens is 1. The van der Waals surface area contributed by atoms with E-state index in [1.807, 2.05) is 19.1 Å². The van der Waals surface area contributed by atoms with Crippen LogP contribution in [0.2, 0.25) is 0 Å². The third kappa shape index (κ3) is 5.60. The van der Waals surface area contributed by atoms with Crippen molar-refractivity contribution >= 4 is 11.8 Å². The molecule has 0 N–H and O–H groups in total. The van der Waals surface area contributed by atoms with Crippen LogP contribution in [-0.2, 0) is 14.3 Å². The van der Waals surface area contributed by atoms with Crippen molar-refractivity contribution in [2.45, 2.75) is 39.2 Å². The smallest absolute Gasteiger partial charge is 0.382 e. The van der Waals surface area contributed by atoms with Crippen LogP contribution < -0.4 is 4.74 Å². The highest BCUT2D eigenvalue weighted by Gasteiger charge is 2.41. The average Bonchev–Trinajstić information content (AvgIpc) is 2.61. The molecule has 1 aromatic carbocycles. The summed E-state index contributed by atoms with van der Waals surface area (Å²) in [7, 11) is 0. The van der Waals surface area contributed by atoms with Crippen LogP contribution in [0.4, 0.5) is 0 Å². The minimum atomic E-state index is -1.66. The lowest BCUT2D eigenvalue weighted by Gasteiger charge is -2.19. The fourth-order valence-corrected chi connectivity index (χ4v) is 2.83. The quantitative estimate of drug-likeness (QED) is 0.369. The molecule has 1 aromatic heterocycles. The Morgan fingerprint density at radius 2 is 1.86 bits per heavy atom. The van der Waals surface area contributed by atoms with Gasteiger partial charge in [-0.15, -0.1) is 0 Å². The molecular weight excluding hydrogens is 364 g/mol. The molecule has 8 heteroatoms. The number of hydrogen-bond donors (Lipinski definition) is 0. The number of benzene rings is 1. The number of Topliss-reactive ketones (excluding diaryl/α,β-unsaturated/α-hetero) is 1. The summed E-state index contributed by atoms with van der Waals surface area (Å²) in [4.78, 5) is 38.8. The van der Waals surface area contributed by atoms with Crippen molar-refractivity contribution in [2.75, 3.05) is 6.61 Å². The minimum absolute atomic E-state index is 0.0201. The minimum Gasteiger partial charge on any atom is -0.461 e. The number of esters is 1. The molecule has 0 saturated carbocycles. The fourth-order valence-electron chi connectivity index (χ4n) is 2.83. The van der Waals surface area contributed by atoms with E-state index in [1.165, 1.54) is 6.92 Å². The van der Waals surface area contributed by atoms with E-state index in [4.69, 9.17) is 9.47 Å². The molecule has 2 aromatic rings. The van der Waals surface area contributed by atoms with Crippen molar-refractivity contribution < 1.29 is 24.0 Å². The van der Waals surface area contributed by atoms with Crippen molar-refractivity contribution in [1.82, 2.24) is 4.98 Å². The van der Waals surface area contributed by atoms with Crippen LogP contribution >= 0.6 is 0 Å². The molecule has 0 bridgehead atoms. The standard InChI is InChI=1S/C20H22N2O6/c1-4-27-20(24)19(22(25)26)17(12-14(3)23)15-8-10-16(11-9-15)28-18-7-5-6-13(2)21-18/h5-11,17,19H,4,12H2,1-3H3. The van der Waals surface area contributed by atoms with E-state index in [-0.39, 0.29) is 18.8 Å². The van der Waals surface area contributed by atoms with Crippen molar-refractivity contribution in [3.8, 4) is 11.6 Å².